The van der Waals surface area contributed by atoms with Crippen LogP contribution in [0.3, 0.4) is 0 Å². The lowest BCUT2D eigenvalue weighted by molar-refractivity contribution is 0.311. The quantitative estimate of drug-likeness (QED) is 0.523. The summed E-state index contributed by atoms with van der Waals surface area (Å²) in [6.45, 7) is 2.83. The van der Waals surface area contributed by atoms with Crippen LogP contribution in [0.15, 0.2) is 46.4 Å². The largest absolute Gasteiger partial charge is 0.491 e. The van der Waals surface area contributed by atoms with Crippen molar-refractivity contribution in [1.82, 2.24) is 4.98 Å². The second-order valence-electron chi connectivity index (χ2n) is 4.97. The molecule has 0 aliphatic carbocycles. The molecule has 2 N–H and O–H groups in total. The fourth-order valence-electron chi connectivity index (χ4n) is 2.08. The van der Waals surface area contributed by atoms with Crippen LogP contribution in [0, 0.1) is 0 Å². The van der Waals surface area contributed by atoms with Crippen molar-refractivity contribution in [2.75, 3.05) is 12.3 Å². The van der Waals surface area contributed by atoms with E-state index in [2.05, 4.69) is 11.9 Å². The molecule has 2 heterocycles. The predicted molar refractivity (Wildman–Crippen MR) is 90.1 cm³/mol. The van der Waals surface area contributed by atoms with Gasteiger partial charge in [-0.05, 0) is 36.8 Å². The van der Waals surface area contributed by atoms with E-state index >= 15 is 0 Å². The zero-order chi connectivity index (χ0) is 15.4. The number of hydrogen-bond donors (Lipinski definition) is 1. The fraction of sp³-hybridized carbons (Fsp3) is 0.235. The summed E-state index contributed by atoms with van der Waals surface area (Å²) in [7, 11) is 0. The molecule has 0 aliphatic heterocycles. The van der Waals surface area contributed by atoms with E-state index in [0.717, 1.165) is 40.6 Å². The van der Waals surface area contributed by atoms with Crippen LogP contribution in [0.2, 0.25) is 0 Å². The van der Waals surface area contributed by atoms with Gasteiger partial charge in [-0.25, -0.2) is 4.98 Å². The Morgan fingerprint density at radius 2 is 2.23 bits per heavy atom. The first-order valence-electron chi connectivity index (χ1n) is 7.30. The zero-order valence-electron chi connectivity index (χ0n) is 12.4. The summed E-state index contributed by atoms with van der Waals surface area (Å²) in [5.74, 6) is 1.51. The zero-order valence-corrected chi connectivity index (χ0v) is 13.2. The van der Waals surface area contributed by atoms with Crippen LogP contribution >= 0.6 is 11.3 Å². The van der Waals surface area contributed by atoms with Crippen molar-refractivity contribution in [3.63, 3.8) is 0 Å². The number of nitrogens with zero attached hydrogens (tertiary/aromatic N) is 1. The minimum absolute atomic E-state index is 0.642. The lowest BCUT2D eigenvalue weighted by Crippen LogP contribution is -1.99. The molecule has 0 aliphatic rings. The molecular weight excluding hydrogens is 296 g/mol. The van der Waals surface area contributed by atoms with Gasteiger partial charge in [0.25, 0.3) is 0 Å². The van der Waals surface area contributed by atoms with Crippen molar-refractivity contribution in [3.8, 4) is 27.8 Å². The SMILES string of the molecule is CCCCOc1ccc(-c2nc(-c3ccco3)cs2)cc1N. The molecule has 4 nitrogen and oxygen atoms in total. The fourth-order valence-corrected chi connectivity index (χ4v) is 2.89. The Morgan fingerprint density at radius 3 is 2.95 bits per heavy atom. The van der Waals surface area contributed by atoms with Gasteiger partial charge in [-0.1, -0.05) is 13.3 Å². The van der Waals surface area contributed by atoms with Gasteiger partial charge in [-0.15, -0.1) is 11.3 Å². The molecule has 1 aromatic carbocycles. The second kappa shape index (κ2) is 6.66. The maximum Gasteiger partial charge on any atom is 0.153 e. The standard InChI is InChI=1S/C17H18N2O2S/c1-2-3-8-20-15-7-6-12(10-13(15)18)17-19-14(11-22-17)16-5-4-9-21-16/h4-7,9-11H,2-3,8,18H2,1H3. The van der Waals surface area contributed by atoms with Gasteiger partial charge in [-0.2, -0.15) is 0 Å². The first-order valence-corrected chi connectivity index (χ1v) is 8.18. The van der Waals surface area contributed by atoms with E-state index in [1.165, 1.54) is 0 Å². The normalized spacial score (nSPS) is 10.8. The first kappa shape index (κ1) is 14.7. The van der Waals surface area contributed by atoms with E-state index < -0.39 is 0 Å². The van der Waals surface area contributed by atoms with Gasteiger partial charge in [0.1, 0.15) is 16.5 Å². The maximum absolute atomic E-state index is 6.08. The van der Waals surface area contributed by atoms with Gasteiger partial charge in [0.15, 0.2) is 5.76 Å². The Kier molecular flexibility index (Phi) is 4.44. The molecule has 0 unspecified atom stereocenters. The summed E-state index contributed by atoms with van der Waals surface area (Å²) in [5, 5.41) is 2.90. The van der Waals surface area contributed by atoms with E-state index in [4.69, 9.17) is 14.9 Å². The van der Waals surface area contributed by atoms with Crippen molar-refractivity contribution < 1.29 is 9.15 Å². The maximum atomic E-state index is 6.08. The predicted octanol–water partition coefficient (Wildman–Crippen LogP) is 4.83. The van der Waals surface area contributed by atoms with Crippen molar-refractivity contribution in [2.45, 2.75) is 19.8 Å². The molecule has 0 atom stereocenters. The van der Waals surface area contributed by atoms with E-state index in [1.807, 2.05) is 35.7 Å². The summed E-state index contributed by atoms with van der Waals surface area (Å²) >= 11 is 1.57. The number of benzene rings is 1. The summed E-state index contributed by atoms with van der Waals surface area (Å²) in [6.07, 6.45) is 3.78. The van der Waals surface area contributed by atoms with E-state index in [0.29, 0.717) is 12.3 Å². The molecule has 0 amide bonds. The molecule has 5 heteroatoms. The van der Waals surface area contributed by atoms with Gasteiger partial charge in [0.05, 0.1) is 18.6 Å². The molecule has 0 radical (unpaired) electrons. The monoisotopic (exact) mass is 314 g/mol. The van der Waals surface area contributed by atoms with Crippen LogP contribution < -0.4 is 10.5 Å². The highest BCUT2D eigenvalue weighted by molar-refractivity contribution is 7.13. The summed E-state index contributed by atoms with van der Waals surface area (Å²) < 4.78 is 11.0. The second-order valence-corrected chi connectivity index (χ2v) is 5.83. The van der Waals surface area contributed by atoms with Crippen LogP contribution in [0.25, 0.3) is 22.0 Å². The third-order valence-corrected chi connectivity index (χ3v) is 4.18. The summed E-state index contributed by atoms with van der Waals surface area (Å²) in [5.41, 5.74) is 8.55. The van der Waals surface area contributed by atoms with Gasteiger partial charge in [0.2, 0.25) is 0 Å². The number of hydrogen-bond acceptors (Lipinski definition) is 5. The topological polar surface area (TPSA) is 61.3 Å². The van der Waals surface area contributed by atoms with Crippen LogP contribution in [-0.2, 0) is 0 Å². The van der Waals surface area contributed by atoms with E-state index in [-0.39, 0.29) is 0 Å². The number of nitrogens with two attached hydrogens (primary N) is 1. The smallest absolute Gasteiger partial charge is 0.153 e. The average molecular weight is 314 g/mol. The Balaban J connectivity index is 1.79. The van der Waals surface area contributed by atoms with Crippen molar-refractivity contribution in [3.05, 3.63) is 42.0 Å². The van der Waals surface area contributed by atoms with Crippen molar-refractivity contribution in [2.24, 2.45) is 0 Å². The molecule has 3 aromatic rings. The Hall–Kier alpha value is -2.27. The summed E-state index contributed by atoms with van der Waals surface area (Å²) in [6, 6.07) is 9.56. The molecule has 0 saturated carbocycles. The van der Waals surface area contributed by atoms with Gasteiger partial charge in [-0.3, -0.25) is 0 Å². The van der Waals surface area contributed by atoms with Gasteiger partial charge >= 0.3 is 0 Å². The van der Waals surface area contributed by atoms with Crippen molar-refractivity contribution in [1.29, 1.82) is 0 Å². The number of anilines is 1. The average Bonchev–Trinajstić information content (AvgIpc) is 3.20. The minimum atomic E-state index is 0.642. The van der Waals surface area contributed by atoms with Gasteiger partial charge < -0.3 is 14.9 Å². The number of nitrogen functional groups attached to an aromatic ring is 1. The minimum Gasteiger partial charge on any atom is -0.491 e. The number of ether oxygens (including phenoxy) is 1. The highest BCUT2D eigenvalue weighted by atomic mass is 32.1. The van der Waals surface area contributed by atoms with E-state index in [1.54, 1.807) is 17.6 Å². The molecule has 22 heavy (non-hydrogen) atoms. The van der Waals surface area contributed by atoms with Crippen LogP contribution in [-0.4, -0.2) is 11.6 Å². The Morgan fingerprint density at radius 1 is 1.32 bits per heavy atom. The molecule has 0 spiro atoms. The highest BCUT2D eigenvalue weighted by Crippen LogP contribution is 2.32. The van der Waals surface area contributed by atoms with E-state index in [9.17, 15) is 0 Å². The van der Waals surface area contributed by atoms with Crippen LogP contribution in [0.1, 0.15) is 19.8 Å². The molecule has 0 fully saturated rings. The number of aromatic nitrogens is 1. The number of thiazole rings is 1. The third kappa shape index (κ3) is 3.14. The lowest BCUT2D eigenvalue weighted by atomic mass is 10.2. The number of furan rings is 1. The van der Waals surface area contributed by atoms with Crippen LogP contribution in [0.4, 0.5) is 5.69 Å². The summed E-state index contributed by atoms with van der Waals surface area (Å²) in [4.78, 5) is 4.60. The number of unbranched alkanes of at least 4 members (excludes halogenated alkanes) is 1. The van der Waals surface area contributed by atoms with Crippen LogP contribution in [0.5, 0.6) is 5.75 Å². The Labute approximate surface area is 133 Å². The first-order chi connectivity index (χ1) is 10.8. The number of rotatable bonds is 6. The van der Waals surface area contributed by atoms with Gasteiger partial charge in [0, 0.05) is 10.9 Å². The third-order valence-electron chi connectivity index (χ3n) is 3.29. The molecule has 114 valence electrons. The molecule has 2 aromatic heterocycles. The highest BCUT2D eigenvalue weighted by Gasteiger charge is 2.10. The lowest BCUT2D eigenvalue weighted by Gasteiger charge is -2.09. The molecule has 3 rings (SSSR count). The van der Waals surface area contributed by atoms with Crippen molar-refractivity contribution >= 4 is 17.0 Å². The Bertz CT molecular complexity index is 735. The molecular formula is C17H18N2O2S. The molecule has 0 saturated heterocycles. The molecule has 0 bridgehead atoms.